The van der Waals surface area contributed by atoms with Gasteiger partial charge in [-0.25, -0.2) is 0 Å². The summed E-state index contributed by atoms with van der Waals surface area (Å²) in [5, 5.41) is 16.5. The molecular weight excluding hydrogens is 418 g/mol. The van der Waals surface area contributed by atoms with Crippen LogP contribution in [0.4, 0.5) is 0 Å². The SMILES string of the molecule is O=C(O)C[C@@H](C(=O)NC1Cc2cn(c3ccccc23)CCCCCCNC1=O)C1CCCC1. The minimum atomic E-state index is -0.968. The van der Waals surface area contributed by atoms with Gasteiger partial charge in [0, 0.05) is 36.6 Å². The number of nitrogens with one attached hydrogen (secondary N) is 2. The second kappa shape index (κ2) is 10.9. The maximum Gasteiger partial charge on any atom is 0.304 e. The molecule has 1 saturated carbocycles. The minimum Gasteiger partial charge on any atom is -0.481 e. The van der Waals surface area contributed by atoms with E-state index < -0.39 is 17.9 Å². The van der Waals surface area contributed by atoms with E-state index in [1.807, 2.05) is 12.1 Å². The first-order chi connectivity index (χ1) is 16.0. The lowest BCUT2D eigenvalue weighted by atomic mass is 9.87. The van der Waals surface area contributed by atoms with Gasteiger partial charge in [0.15, 0.2) is 0 Å². The Hall–Kier alpha value is -2.83. The Morgan fingerprint density at radius 3 is 2.64 bits per heavy atom. The van der Waals surface area contributed by atoms with Crippen LogP contribution in [0.5, 0.6) is 0 Å². The predicted octanol–water partition coefficient (Wildman–Crippen LogP) is 3.64. The number of hydrogen-bond acceptors (Lipinski definition) is 3. The van der Waals surface area contributed by atoms with E-state index in [1.54, 1.807) is 0 Å². The van der Waals surface area contributed by atoms with Crippen molar-refractivity contribution < 1.29 is 19.5 Å². The third kappa shape index (κ3) is 5.75. The average Bonchev–Trinajstić information content (AvgIpc) is 3.44. The zero-order valence-corrected chi connectivity index (χ0v) is 19.2. The van der Waals surface area contributed by atoms with Crippen LogP contribution in [0.25, 0.3) is 10.9 Å². The summed E-state index contributed by atoms with van der Waals surface area (Å²) in [6.07, 6.45) is 10.3. The summed E-state index contributed by atoms with van der Waals surface area (Å²) < 4.78 is 2.26. The molecule has 2 aromatic rings. The van der Waals surface area contributed by atoms with E-state index in [9.17, 15) is 19.5 Å². The van der Waals surface area contributed by atoms with Gasteiger partial charge in [0.25, 0.3) is 0 Å². The highest BCUT2D eigenvalue weighted by atomic mass is 16.4. The average molecular weight is 454 g/mol. The molecule has 0 radical (unpaired) electrons. The third-order valence-corrected chi connectivity index (χ3v) is 7.25. The largest absolute Gasteiger partial charge is 0.481 e. The Morgan fingerprint density at radius 1 is 1.09 bits per heavy atom. The maximum atomic E-state index is 13.3. The molecule has 1 fully saturated rings. The van der Waals surface area contributed by atoms with Gasteiger partial charge in [-0.05, 0) is 43.2 Å². The van der Waals surface area contributed by atoms with Crippen molar-refractivity contribution in [3.8, 4) is 0 Å². The Bertz CT molecular complexity index is 993. The van der Waals surface area contributed by atoms with Crippen LogP contribution < -0.4 is 10.6 Å². The molecule has 1 aliphatic heterocycles. The van der Waals surface area contributed by atoms with Crippen LogP contribution in [0.15, 0.2) is 30.5 Å². The monoisotopic (exact) mass is 453 g/mol. The summed E-state index contributed by atoms with van der Waals surface area (Å²) >= 11 is 0. The topological polar surface area (TPSA) is 100 Å². The summed E-state index contributed by atoms with van der Waals surface area (Å²) in [6.45, 7) is 1.52. The van der Waals surface area contributed by atoms with E-state index >= 15 is 0 Å². The Labute approximate surface area is 194 Å². The van der Waals surface area contributed by atoms with Crippen molar-refractivity contribution in [1.29, 1.82) is 0 Å². The summed E-state index contributed by atoms with van der Waals surface area (Å²) in [5.74, 6) is -1.99. The van der Waals surface area contributed by atoms with E-state index in [-0.39, 0.29) is 24.2 Å². The van der Waals surface area contributed by atoms with Crippen molar-refractivity contribution in [2.24, 2.45) is 11.8 Å². The summed E-state index contributed by atoms with van der Waals surface area (Å²) in [4.78, 5) is 37.9. The molecule has 0 spiro atoms. The van der Waals surface area contributed by atoms with E-state index in [4.69, 9.17) is 0 Å². The number of carboxylic acid groups (broad SMARTS) is 1. The molecule has 2 heterocycles. The van der Waals surface area contributed by atoms with E-state index in [1.165, 1.54) is 0 Å². The molecular formula is C26H35N3O4. The molecule has 7 heteroatoms. The zero-order valence-electron chi connectivity index (χ0n) is 19.2. The molecule has 1 unspecified atom stereocenters. The lowest BCUT2D eigenvalue weighted by molar-refractivity contribution is -0.142. The molecule has 4 rings (SSSR count). The molecule has 2 amide bonds. The highest BCUT2D eigenvalue weighted by Crippen LogP contribution is 2.33. The van der Waals surface area contributed by atoms with Crippen LogP contribution in [0, 0.1) is 11.8 Å². The van der Waals surface area contributed by atoms with Gasteiger partial charge in [-0.3, -0.25) is 14.4 Å². The molecule has 178 valence electrons. The molecule has 33 heavy (non-hydrogen) atoms. The van der Waals surface area contributed by atoms with Gasteiger partial charge in [-0.2, -0.15) is 0 Å². The Morgan fingerprint density at radius 2 is 1.85 bits per heavy atom. The lowest BCUT2D eigenvalue weighted by Gasteiger charge is -2.25. The summed E-state index contributed by atoms with van der Waals surface area (Å²) in [5.41, 5.74) is 2.17. The van der Waals surface area contributed by atoms with Crippen molar-refractivity contribution >= 4 is 28.7 Å². The number of aryl methyl sites for hydroxylation is 1. The first-order valence-corrected chi connectivity index (χ1v) is 12.4. The number of amides is 2. The van der Waals surface area contributed by atoms with Gasteiger partial charge in [0.05, 0.1) is 12.3 Å². The number of carbonyl (C=O) groups is 3. The molecule has 2 bridgehead atoms. The van der Waals surface area contributed by atoms with Crippen molar-refractivity contribution in [2.45, 2.75) is 76.8 Å². The van der Waals surface area contributed by atoms with Crippen LogP contribution in [-0.4, -0.2) is 40.0 Å². The predicted molar refractivity (Wildman–Crippen MR) is 127 cm³/mol. The van der Waals surface area contributed by atoms with Crippen LogP contribution in [0.3, 0.4) is 0 Å². The number of para-hydroxylation sites is 1. The first kappa shape index (κ1) is 23.3. The van der Waals surface area contributed by atoms with Gasteiger partial charge < -0.3 is 20.3 Å². The highest BCUT2D eigenvalue weighted by Gasteiger charge is 2.34. The molecule has 1 aliphatic carbocycles. The number of hydrogen-bond donors (Lipinski definition) is 3. The molecule has 3 N–H and O–H groups in total. The molecule has 1 aromatic heterocycles. The number of fused-ring (bicyclic) bond motifs is 5. The second-order valence-electron chi connectivity index (χ2n) is 9.58. The van der Waals surface area contributed by atoms with E-state index in [0.717, 1.165) is 74.4 Å². The smallest absolute Gasteiger partial charge is 0.304 e. The van der Waals surface area contributed by atoms with Crippen LogP contribution in [0.2, 0.25) is 0 Å². The first-order valence-electron chi connectivity index (χ1n) is 12.4. The Kier molecular flexibility index (Phi) is 7.68. The number of nitrogens with zero attached hydrogens (tertiary/aromatic N) is 1. The van der Waals surface area contributed by atoms with Crippen molar-refractivity contribution in [2.75, 3.05) is 6.54 Å². The number of aliphatic carboxylic acids is 1. The van der Waals surface area contributed by atoms with Crippen LogP contribution >= 0.6 is 0 Å². The standard InChI is InChI=1S/C26H35N3O4/c30-24(31)16-21(18-9-3-4-10-18)25(32)28-22-15-19-17-29(23-12-6-5-11-20(19)23)14-8-2-1-7-13-27-26(22)33/h5-6,11-12,17-18,21-22H,1-4,7-10,13-16H2,(H,27,33)(H,28,32)(H,30,31)/t21-,22?/m1/s1. The van der Waals surface area contributed by atoms with Crippen molar-refractivity contribution in [1.82, 2.24) is 15.2 Å². The molecule has 2 atom stereocenters. The number of carboxylic acids is 1. The van der Waals surface area contributed by atoms with Gasteiger partial charge in [-0.15, -0.1) is 0 Å². The normalized spacial score (nSPS) is 21.5. The van der Waals surface area contributed by atoms with Crippen molar-refractivity contribution in [3.63, 3.8) is 0 Å². The van der Waals surface area contributed by atoms with Gasteiger partial charge in [-0.1, -0.05) is 43.9 Å². The van der Waals surface area contributed by atoms with E-state index in [0.29, 0.717) is 13.0 Å². The quantitative estimate of drug-likeness (QED) is 0.643. The third-order valence-electron chi connectivity index (χ3n) is 7.25. The molecule has 1 aromatic carbocycles. The summed E-state index contributed by atoms with van der Waals surface area (Å²) in [7, 11) is 0. The second-order valence-corrected chi connectivity index (χ2v) is 9.58. The fraction of sp³-hybridized carbons (Fsp3) is 0.577. The number of aromatic nitrogens is 1. The fourth-order valence-electron chi connectivity index (χ4n) is 5.50. The Balaban J connectivity index is 1.60. The van der Waals surface area contributed by atoms with E-state index in [2.05, 4.69) is 33.5 Å². The molecule has 0 saturated heterocycles. The van der Waals surface area contributed by atoms with Gasteiger partial charge >= 0.3 is 5.97 Å². The minimum absolute atomic E-state index is 0.0702. The maximum absolute atomic E-state index is 13.3. The summed E-state index contributed by atoms with van der Waals surface area (Å²) in [6, 6.07) is 7.46. The number of rotatable bonds is 5. The van der Waals surface area contributed by atoms with Crippen molar-refractivity contribution in [3.05, 3.63) is 36.0 Å². The van der Waals surface area contributed by atoms with Gasteiger partial charge in [0.1, 0.15) is 6.04 Å². The lowest BCUT2D eigenvalue weighted by Crippen LogP contribution is -2.50. The number of carbonyl (C=O) groups excluding carboxylic acids is 2. The molecule has 7 nitrogen and oxygen atoms in total. The van der Waals surface area contributed by atoms with Crippen LogP contribution in [-0.2, 0) is 27.3 Å². The molecule has 2 aliphatic rings. The zero-order chi connectivity index (χ0) is 23.2. The van der Waals surface area contributed by atoms with Crippen LogP contribution in [0.1, 0.15) is 63.4 Å². The fourth-order valence-corrected chi connectivity index (χ4v) is 5.50. The highest BCUT2D eigenvalue weighted by molar-refractivity contribution is 5.91. The van der Waals surface area contributed by atoms with Gasteiger partial charge in [0.2, 0.25) is 11.8 Å². The number of benzene rings is 1.